The van der Waals surface area contributed by atoms with Crippen LogP contribution in [0.3, 0.4) is 0 Å². The minimum Gasteiger partial charge on any atom is -0.352 e. The number of nitrogens with one attached hydrogen (secondary N) is 1. The molecule has 2 atom stereocenters. The molecule has 7 nitrogen and oxygen atoms in total. The first-order chi connectivity index (χ1) is 16.3. The van der Waals surface area contributed by atoms with Crippen LogP contribution in [0.25, 0.3) is 0 Å². The molecule has 1 saturated heterocycles. The molecule has 1 aliphatic rings. The fraction of sp³-hybridized carbons (Fsp3) is 0.654. The van der Waals surface area contributed by atoms with Gasteiger partial charge in [0.25, 0.3) is 5.91 Å². The van der Waals surface area contributed by atoms with E-state index in [0.29, 0.717) is 24.5 Å². The van der Waals surface area contributed by atoms with Gasteiger partial charge < -0.3 is 14.7 Å². The van der Waals surface area contributed by atoms with Crippen LogP contribution in [0, 0.1) is 11.7 Å². The molecule has 1 N–H and O–H groups in total. The van der Waals surface area contributed by atoms with Crippen LogP contribution in [0.2, 0.25) is 0 Å². The summed E-state index contributed by atoms with van der Waals surface area (Å²) in [7, 11) is 0. The molecule has 1 fully saturated rings. The first-order valence-electron chi connectivity index (χ1n) is 12.7. The molecule has 1 aliphatic heterocycles. The van der Waals surface area contributed by atoms with Crippen molar-refractivity contribution in [3.05, 3.63) is 41.0 Å². The fourth-order valence-electron chi connectivity index (χ4n) is 4.13. The van der Waals surface area contributed by atoms with Crippen molar-refractivity contribution in [3.63, 3.8) is 0 Å². The van der Waals surface area contributed by atoms with Crippen molar-refractivity contribution in [3.8, 4) is 0 Å². The van der Waals surface area contributed by atoms with Gasteiger partial charge in [0.05, 0.1) is 5.56 Å². The predicted molar refractivity (Wildman–Crippen MR) is 133 cm³/mol. The van der Waals surface area contributed by atoms with E-state index in [-0.39, 0.29) is 17.4 Å². The van der Waals surface area contributed by atoms with Crippen LogP contribution in [0.5, 0.6) is 0 Å². The largest absolute Gasteiger partial charge is 0.352 e. The van der Waals surface area contributed by atoms with Gasteiger partial charge in [-0.15, -0.1) is 0 Å². The second-order valence-electron chi connectivity index (χ2n) is 9.89. The van der Waals surface area contributed by atoms with Gasteiger partial charge in [-0.25, -0.2) is 4.39 Å². The van der Waals surface area contributed by atoms with E-state index in [1.165, 1.54) is 6.07 Å². The van der Waals surface area contributed by atoms with Gasteiger partial charge in [0.15, 0.2) is 5.82 Å². The number of halogens is 1. The van der Waals surface area contributed by atoms with Gasteiger partial charge >= 0.3 is 6.01 Å². The number of anilines is 1. The first-order valence-corrected chi connectivity index (χ1v) is 12.7. The highest BCUT2D eigenvalue weighted by Crippen LogP contribution is 2.20. The van der Waals surface area contributed by atoms with Crippen molar-refractivity contribution < 1.29 is 13.7 Å². The number of carbonyl (C=O) groups is 1. The lowest BCUT2D eigenvalue weighted by Crippen LogP contribution is -2.49. The smallest absolute Gasteiger partial charge is 0.324 e. The van der Waals surface area contributed by atoms with Crippen molar-refractivity contribution in [1.29, 1.82) is 0 Å². The zero-order valence-corrected chi connectivity index (χ0v) is 21.3. The average molecular weight is 474 g/mol. The number of carbonyl (C=O) groups excluding carboxylic acids is 1. The summed E-state index contributed by atoms with van der Waals surface area (Å²) in [5.41, 5.74) is 1.06. The van der Waals surface area contributed by atoms with Gasteiger partial charge in [-0.3, -0.25) is 9.69 Å². The van der Waals surface area contributed by atoms with Gasteiger partial charge in [0, 0.05) is 44.7 Å². The number of hydrogen-bond acceptors (Lipinski definition) is 6. The third-order valence-corrected chi connectivity index (χ3v) is 6.83. The van der Waals surface area contributed by atoms with Gasteiger partial charge in [-0.1, -0.05) is 45.3 Å². The lowest BCUT2D eigenvalue weighted by Gasteiger charge is -2.37. The lowest BCUT2D eigenvalue weighted by atomic mass is 10.0. The summed E-state index contributed by atoms with van der Waals surface area (Å²) < 4.78 is 19.9. The Kier molecular flexibility index (Phi) is 9.45. The molecule has 0 saturated carbocycles. The summed E-state index contributed by atoms with van der Waals surface area (Å²) in [5, 5.41) is 6.89. The normalized spacial score (nSPS) is 16.6. The quantitative estimate of drug-likeness (QED) is 0.512. The third kappa shape index (κ3) is 7.01. The molecule has 3 rings (SSSR count). The van der Waals surface area contributed by atoms with E-state index in [9.17, 15) is 9.18 Å². The van der Waals surface area contributed by atoms with Crippen LogP contribution in [0.15, 0.2) is 22.7 Å². The molecule has 1 aromatic carbocycles. The molecule has 2 unspecified atom stereocenters. The number of rotatable bonds is 11. The molecule has 0 aliphatic carbocycles. The minimum atomic E-state index is -0.440. The lowest BCUT2D eigenvalue weighted by molar-refractivity contribution is 0.0943. The Labute approximate surface area is 203 Å². The van der Waals surface area contributed by atoms with Crippen LogP contribution in [0.1, 0.15) is 81.5 Å². The van der Waals surface area contributed by atoms with Gasteiger partial charge in [0.1, 0.15) is 5.82 Å². The number of amides is 1. The Bertz CT molecular complexity index is 924. The molecule has 1 amide bonds. The van der Waals surface area contributed by atoms with E-state index in [2.05, 4.69) is 59.9 Å². The molecular formula is C26H40FN5O2. The summed E-state index contributed by atoms with van der Waals surface area (Å²) in [6.45, 7) is 14.7. The fourth-order valence-corrected chi connectivity index (χ4v) is 4.13. The van der Waals surface area contributed by atoms with E-state index in [0.717, 1.165) is 63.3 Å². The molecule has 1 aromatic heterocycles. The molecule has 188 valence electrons. The van der Waals surface area contributed by atoms with Crippen LogP contribution < -0.4 is 10.2 Å². The average Bonchev–Trinajstić information content (AvgIpc) is 3.33. The molecule has 8 heteroatoms. The van der Waals surface area contributed by atoms with E-state index in [1.807, 2.05) is 6.07 Å². The van der Waals surface area contributed by atoms with Crippen molar-refractivity contribution in [2.24, 2.45) is 5.92 Å². The number of benzene rings is 1. The van der Waals surface area contributed by atoms with Crippen molar-refractivity contribution in [2.45, 2.75) is 72.3 Å². The summed E-state index contributed by atoms with van der Waals surface area (Å²) >= 11 is 0. The second kappa shape index (κ2) is 12.3. The summed E-state index contributed by atoms with van der Waals surface area (Å²) in [4.78, 5) is 21.4. The highest BCUT2D eigenvalue weighted by molar-refractivity contribution is 5.94. The maximum atomic E-state index is 14.5. The third-order valence-electron chi connectivity index (χ3n) is 6.83. The van der Waals surface area contributed by atoms with E-state index >= 15 is 0 Å². The molecule has 2 aromatic rings. The van der Waals surface area contributed by atoms with Crippen molar-refractivity contribution in [2.75, 3.05) is 37.6 Å². The van der Waals surface area contributed by atoms with Gasteiger partial charge in [-0.05, 0) is 49.8 Å². The molecular weight excluding hydrogens is 433 g/mol. The zero-order valence-electron chi connectivity index (χ0n) is 21.3. The number of aromatic nitrogens is 2. The highest BCUT2D eigenvalue weighted by atomic mass is 19.1. The van der Waals surface area contributed by atoms with E-state index in [4.69, 9.17) is 4.52 Å². The Morgan fingerprint density at radius 3 is 2.53 bits per heavy atom. The summed E-state index contributed by atoms with van der Waals surface area (Å²) in [6, 6.07) is 6.07. The highest BCUT2D eigenvalue weighted by Gasteiger charge is 2.24. The number of nitrogens with zero attached hydrogens (tertiary/aromatic N) is 4. The molecule has 0 radical (unpaired) electrons. The van der Waals surface area contributed by atoms with Crippen LogP contribution in [0.4, 0.5) is 10.4 Å². The van der Waals surface area contributed by atoms with E-state index < -0.39 is 5.82 Å². The molecule has 34 heavy (non-hydrogen) atoms. The maximum Gasteiger partial charge on any atom is 0.324 e. The zero-order chi connectivity index (χ0) is 24.7. The topological polar surface area (TPSA) is 74.5 Å². The molecule has 2 heterocycles. The van der Waals surface area contributed by atoms with Gasteiger partial charge in [0.2, 0.25) is 0 Å². The van der Waals surface area contributed by atoms with E-state index in [1.54, 1.807) is 6.07 Å². The first kappa shape index (κ1) is 26.1. The standard InChI is InChI=1S/C26H40FN5O2/c1-6-19(4)17-28-25(33)22-11-10-21(16-23(22)27)9-7-8-20(5)31-12-14-32(15-13-31)26-29-24(18(2)3)30-34-26/h10-11,16,18-20H,6-9,12-15,17H2,1-5H3,(H,28,33). The SMILES string of the molecule is CCC(C)CNC(=O)c1ccc(CCCC(C)N2CCN(c3nc(C(C)C)no3)CC2)cc1F. The summed E-state index contributed by atoms with van der Waals surface area (Å²) in [6.07, 6.45) is 3.79. The van der Waals surface area contributed by atoms with Crippen LogP contribution in [-0.2, 0) is 6.42 Å². The van der Waals surface area contributed by atoms with Crippen molar-refractivity contribution in [1.82, 2.24) is 20.4 Å². The minimum absolute atomic E-state index is 0.125. The Morgan fingerprint density at radius 1 is 1.18 bits per heavy atom. The number of aryl methyl sites for hydroxylation is 1. The van der Waals surface area contributed by atoms with Crippen LogP contribution in [-0.4, -0.2) is 59.7 Å². The van der Waals surface area contributed by atoms with Crippen LogP contribution >= 0.6 is 0 Å². The number of piperazine rings is 1. The maximum absolute atomic E-state index is 14.5. The molecule has 0 bridgehead atoms. The predicted octanol–water partition coefficient (Wildman–Crippen LogP) is 4.64. The van der Waals surface area contributed by atoms with Gasteiger partial charge in [-0.2, -0.15) is 4.98 Å². The Hall–Kier alpha value is -2.48. The number of hydrogen-bond donors (Lipinski definition) is 1. The Balaban J connectivity index is 1.41. The monoisotopic (exact) mass is 473 g/mol. The Morgan fingerprint density at radius 2 is 1.91 bits per heavy atom. The molecule has 0 spiro atoms. The van der Waals surface area contributed by atoms with Crippen molar-refractivity contribution >= 4 is 11.9 Å². The second-order valence-corrected chi connectivity index (χ2v) is 9.89. The summed E-state index contributed by atoms with van der Waals surface area (Å²) in [5.74, 6) is 0.619.